The average molecular weight is 489 g/mol. The number of nitrogens with one attached hydrogen (secondary N) is 1. The largest absolute Gasteiger partial charge is 0.378 e. The number of fused-ring (bicyclic) bond motifs is 1. The number of ether oxygens (including phenoxy) is 1. The molecule has 0 bridgehead atoms. The zero-order valence-electron chi connectivity index (χ0n) is 20.7. The molecule has 2 aromatic carbocycles. The minimum atomic E-state index is -0.970. The van der Waals surface area contributed by atoms with Gasteiger partial charge in [-0.05, 0) is 34.9 Å². The Morgan fingerprint density at radius 3 is 2.72 bits per heavy atom. The van der Waals surface area contributed by atoms with Crippen molar-refractivity contribution < 1.29 is 14.3 Å². The number of hydrogen-bond acceptors (Lipinski definition) is 6. The molecule has 4 rings (SSSR count). The quantitative estimate of drug-likeness (QED) is 0.401. The van der Waals surface area contributed by atoms with Crippen molar-refractivity contribution in [1.29, 1.82) is 0 Å². The summed E-state index contributed by atoms with van der Waals surface area (Å²) in [6, 6.07) is 10.6. The van der Waals surface area contributed by atoms with Gasteiger partial charge in [0, 0.05) is 18.9 Å². The molecule has 0 radical (unpaired) electrons. The van der Waals surface area contributed by atoms with Crippen LogP contribution in [0.4, 0.5) is 0 Å². The van der Waals surface area contributed by atoms with Crippen molar-refractivity contribution in [3.63, 3.8) is 0 Å². The number of nitrogens with zero attached hydrogens (tertiary/aromatic N) is 4. The topological polar surface area (TPSA) is 124 Å². The van der Waals surface area contributed by atoms with E-state index >= 15 is 0 Å². The predicted octanol–water partition coefficient (Wildman–Crippen LogP) is 3.17. The summed E-state index contributed by atoms with van der Waals surface area (Å²) >= 11 is 0. The van der Waals surface area contributed by atoms with E-state index in [1.54, 1.807) is 30.3 Å². The summed E-state index contributed by atoms with van der Waals surface area (Å²) in [7, 11) is 1.63. The van der Waals surface area contributed by atoms with E-state index in [1.165, 1.54) is 0 Å². The minimum Gasteiger partial charge on any atom is -0.378 e. The van der Waals surface area contributed by atoms with Gasteiger partial charge in [0.15, 0.2) is 6.04 Å². The van der Waals surface area contributed by atoms with Gasteiger partial charge in [0.2, 0.25) is 5.91 Å². The number of carbonyl (C=O) groups excluding carboxylic acids is 2. The molecule has 0 fully saturated rings. The lowest BCUT2D eigenvalue weighted by Crippen LogP contribution is -2.59. The SMILES string of the molecule is CCCCCC1(NC(=O)c2ccc(Cn3nncc3COC)c3ccccc23)C=CC=NC1C(N)=O. The normalized spacial score (nSPS) is 19.0. The maximum Gasteiger partial charge on any atom is 0.252 e. The highest BCUT2D eigenvalue weighted by Gasteiger charge is 2.42. The highest BCUT2D eigenvalue weighted by molar-refractivity contribution is 6.08. The lowest BCUT2D eigenvalue weighted by molar-refractivity contribution is -0.120. The first kappa shape index (κ1) is 25.2. The average Bonchev–Trinajstić information content (AvgIpc) is 3.31. The number of dihydropyridines is 1. The van der Waals surface area contributed by atoms with Crippen molar-refractivity contribution in [2.24, 2.45) is 10.7 Å². The second kappa shape index (κ2) is 11.3. The van der Waals surface area contributed by atoms with E-state index in [0.717, 1.165) is 41.3 Å². The van der Waals surface area contributed by atoms with E-state index in [9.17, 15) is 9.59 Å². The first-order valence-corrected chi connectivity index (χ1v) is 12.2. The first-order chi connectivity index (χ1) is 17.5. The van der Waals surface area contributed by atoms with Gasteiger partial charge in [0.25, 0.3) is 5.91 Å². The summed E-state index contributed by atoms with van der Waals surface area (Å²) in [5, 5.41) is 13.1. The van der Waals surface area contributed by atoms with Crippen LogP contribution in [-0.4, -0.2) is 51.7 Å². The number of amides is 2. The lowest BCUT2D eigenvalue weighted by atomic mass is 9.82. The van der Waals surface area contributed by atoms with E-state index in [2.05, 4.69) is 27.5 Å². The third-order valence-electron chi connectivity index (χ3n) is 6.58. The Balaban J connectivity index is 1.68. The Morgan fingerprint density at radius 2 is 1.97 bits per heavy atom. The van der Waals surface area contributed by atoms with Crippen LogP contribution in [0.1, 0.15) is 54.2 Å². The number of unbranched alkanes of at least 4 members (excludes halogenated alkanes) is 2. The number of methoxy groups -OCH3 is 1. The molecule has 0 saturated carbocycles. The molecule has 9 nitrogen and oxygen atoms in total. The molecule has 3 aromatic rings. The molecule has 3 N–H and O–H groups in total. The number of nitrogens with two attached hydrogens (primary N) is 1. The highest BCUT2D eigenvalue weighted by atomic mass is 16.5. The van der Waals surface area contributed by atoms with Crippen molar-refractivity contribution in [2.45, 2.75) is 57.3 Å². The highest BCUT2D eigenvalue weighted by Crippen LogP contribution is 2.29. The van der Waals surface area contributed by atoms with E-state index < -0.39 is 17.5 Å². The van der Waals surface area contributed by atoms with Gasteiger partial charge >= 0.3 is 0 Å². The van der Waals surface area contributed by atoms with E-state index in [4.69, 9.17) is 10.5 Å². The predicted molar refractivity (Wildman–Crippen MR) is 139 cm³/mol. The molecule has 1 aromatic heterocycles. The zero-order chi connectivity index (χ0) is 25.5. The van der Waals surface area contributed by atoms with Gasteiger partial charge < -0.3 is 15.8 Å². The summed E-state index contributed by atoms with van der Waals surface area (Å²) < 4.78 is 7.03. The second-order valence-corrected chi connectivity index (χ2v) is 9.05. The zero-order valence-corrected chi connectivity index (χ0v) is 20.7. The van der Waals surface area contributed by atoms with Gasteiger partial charge in [-0.2, -0.15) is 0 Å². The van der Waals surface area contributed by atoms with Gasteiger partial charge in [-0.1, -0.05) is 67.8 Å². The Hall–Kier alpha value is -3.85. The van der Waals surface area contributed by atoms with E-state index in [-0.39, 0.29) is 5.91 Å². The maximum absolute atomic E-state index is 13.7. The van der Waals surface area contributed by atoms with Gasteiger partial charge in [-0.25, -0.2) is 4.68 Å². The van der Waals surface area contributed by atoms with Crippen LogP contribution < -0.4 is 11.1 Å². The van der Waals surface area contributed by atoms with Crippen LogP contribution in [0.2, 0.25) is 0 Å². The molecule has 1 aliphatic rings. The number of allylic oxidation sites excluding steroid dienone is 1. The summed E-state index contributed by atoms with van der Waals surface area (Å²) in [4.78, 5) is 30.3. The number of aromatic nitrogens is 3. The van der Waals surface area contributed by atoms with Crippen LogP contribution in [0.15, 0.2) is 59.7 Å². The summed E-state index contributed by atoms with van der Waals surface area (Å²) in [5.74, 6) is -0.838. The fourth-order valence-electron chi connectivity index (χ4n) is 4.77. The second-order valence-electron chi connectivity index (χ2n) is 9.05. The van der Waals surface area contributed by atoms with Crippen LogP contribution in [0.3, 0.4) is 0 Å². The lowest BCUT2D eigenvalue weighted by Gasteiger charge is -2.37. The molecule has 2 atom stereocenters. The standard InChI is InChI=1S/C27H32N6O3/c1-3-4-7-13-27(14-8-15-29-24(27)25(28)34)31-26(35)23-12-11-19(21-9-5-6-10-22(21)23)17-33-20(18-36-2)16-30-32-33/h5-6,8-12,14-16,24H,3-4,7,13,17-18H2,1-2H3,(H2,28,34)(H,31,35). The Kier molecular flexibility index (Phi) is 7.90. The van der Waals surface area contributed by atoms with Crippen molar-refractivity contribution in [1.82, 2.24) is 20.3 Å². The number of aliphatic imine (C=N–C) groups is 1. The first-order valence-electron chi connectivity index (χ1n) is 12.2. The van der Waals surface area contributed by atoms with Crippen LogP contribution >= 0.6 is 0 Å². The summed E-state index contributed by atoms with van der Waals surface area (Å²) in [5.41, 5.74) is 7.12. The number of rotatable bonds is 11. The van der Waals surface area contributed by atoms with E-state index in [0.29, 0.717) is 25.1 Å². The third-order valence-corrected chi connectivity index (χ3v) is 6.58. The number of hydrogen-bond donors (Lipinski definition) is 2. The van der Waals surface area contributed by atoms with Crippen molar-refractivity contribution in [3.05, 3.63) is 71.6 Å². The molecule has 188 valence electrons. The van der Waals surface area contributed by atoms with Crippen molar-refractivity contribution in [2.75, 3.05) is 7.11 Å². The van der Waals surface area contributed by atoms with Gasteiger partial charge in [0.05, 0.1) is 30.6 Å². The molecule has 2 heterocycles. The number of primary amides is 1. The summed E-state index contributed by atoms with van der Waals surface area (Å²) in [6.07, 6.45) is 10.3. The molecule has 0 spiro atoms. The Bertz CT molecular complexity index is 1300. The minimum absolute atomic E-state index is 0.275. The molecular formula is C27H32N6O3. The van der Waals surface area contributed by atoms with Gasteiger partial charge in [0.1, 0.15) is 0 Å². The maximum atomic E-state index is 13.7. The molecule has 2 unspecified atom stereocenters. The molecule has 36 heavy (non-hydrogen) atoms. The third kappa shape index (κ3) is 5.21. The van der Waals surface area contributed by atoms with Crippen LogP contribution in [0.5, 0.6) is 0 Å². The molecule has 1 aliphatic heterocycles. The fraction of sp³-hybridized carbons (Fsp3) is 0.370. The summed E-state index contributed by atoms with van der Waals surface area (Å²) in [6.45, 7) is 3.00. The Labute approximate surface area is 210 Å². The fourth-order valence-corrected chi connectivity index (χ4v) is 4.77. The number of carbonyl (C=O) groups is 2. The Morgan fingerprint density at radius 1 is 1.17 bits per heavy atom. The van der Waals surface area contributed by atoms with Crippen LogP contribution in [0.25, 0.3) is 10.8 Å². The van der Waals surface area contributed by atoms with Crippen LogP contribution in [0, 0.1) is 0 Å². The van der Waals surface area contributed by atoms with Crippen LogP contribution in [-0.2, 0) is 22.7 Å². The van der Waals surface area contributed by atoms with E-state index in [1.807, 2.05) is 42.5 Å². The van der Waals surface area contributed by atoms with Gasteiger partial charge in [-0.3, -0.25) is 14.6 Å². The molecular weight excluding hydrogens is 456 g/mol. The smallest absolute Gasteiger partial charge is 0.252 e. The van der Waals surface area contributed by atoms with Gasteiger partial charge in [-0.15, -0.1) is 5.10 Å². The molecule has 0 saturated heterocycles. The number of benzene rings is 2. The monoisotopic (exact) mass is 488 g/mol. The van der Waals surface area contributed by atoms with Crippen molar-refractivity contribution in [3.8, 4) is 0 Å². The molecule has 2 amide bonds. The van der Waals surface area contributed by atoms with Crippen molar-refractivity contribution >= 4 is 28.8 Å². The molecule has 9 heteroatoms. The molecule has 0 aliphatic carbocycles.